The van der Waals surface area contributed by atoms with E-state index in [9.17, 15) is 14.3 Å². The van der Waals surface area contributed by atoms with Gasteiger partial charge in [-0.25, -0.2) is 4.39 Å². The Balaban J connectivity index is 1.60. The summed E-state index contributed by atoms with van der Waals surface area (Å²) in [5.74, 6) is 0.489. The first kappa shape index (κ1) is 14.3. The molecule has 0 aromatic heterocycles. The van der Waals surface area contributed by atoms with Crippen molar-refractivity contribution >= 4 is 5.91 Å². The standard InChI is InChI=1S/C16H20FNO3/c1-10(21-13-4-2-3-12(17)7-13)16(20)18-8-11-5-6-15(19)14(11)9-18/h2-4,7,10-11,14-15,19H,5-6,8-9H2,1H3. The van der Waals surface area contributed by atoms with E-state index >= 15 is 0 Å². The third kappa shape index (κ3) is 2.88. The number of ether oxygens (including phenoxy) is 1. The van der Waals surface area contributed by atoms with Crippen molar-refractivity contribution in [1.82, 2.24) is 4.90 Å². The Morgan fingerprint density at radius 2 is 2.24 bits per heavy atom. The molecule has 1 aliphatic carbocycles. The van der Waals surface area contributed by atoms with Gasteiger partial charge < -0.3 is 14.7 Å². The number of hydrogen-bond acceptors (Lipinski definition) is 3. The van der Waals surface area contributed by atoms with Crippen LogP contribution in [0.1, 0.15) is 19.8 Å². The molecule has 21 heavy (non-hydrogen) atoms. The van der Waals surface area contributed by atoms with Crippen LogP contribution in [0.25, 0.3) is 0 Å². The monoisotopic (exact) mass is 293 g/mol. The van der Waals surface area contributed by atoms with Gasteiger partial charge in [0.1, 0.15) is 11.6 Å². The minimum Gasteiger partial charge on any atom is -0.481 e. The van der Waals surface area contributed by atoms with Gasteiger partial charge in [0, 0.05) is 25.1 Å². The highest BCUT2D eigenvalue weighted by atomic mass is 19.1. The number of rotatable bonds is 3. The molecule has 2 fully saturated rings. The van der Waals surface area contributed by atoms with Crippen LogP contribution in [-0.2, 0) is 4.79 Å². The van der Waals surface area contributed by atoms with E-state index in [1.54, 1.807) is 24.0 Å². The van der Waals surface area contributed by atoms with Crippen molar-refractivity contribution < 1.29 is 19.0 Å². The molecule has 1 heterocycles. The zero-order valence-corrected chi connectivity index (χ0v) is 12.0. The molecule has 1 saturated carbocycles. The molecule has 4 unspecified atom stereocenters. The van der Waals surface area contributed by atoms with Crippen LogP contribution in [0.4, 0.5) is 4.39 Å². The minimum absolute atomic E-state index is 0.0964. The molecule has 0 bridgehead atoms. The maximum Gasteiger partial charge on any atom is 0.263 e. The topological polar surface area (TPSA) is 49.8 Å². The number of carbonyl (C=O) groups excluding carboxylic acids is 1. The molecule has 4 atom stereocenters. The molecule has 1 aromatic carbocycles. The molecular formula is C16H20FNO3. The van der Waals surface area contributed by atoms with Crippen molar-refractivity contribution in [3.8, 4) is 5.75 Å². The number of halogens is 1. The Labute approximate surface area is 123 Å². The van der Waals surface area contributed by atoms with Gasteiger partial charge in [0.05, 0.1) is 6.10 Å². The molecule has 1 aromatic rings. The maximum atomic E-state index is 13.1. The van der Waals surface area contributed by atoms with E-state index < -0.39 is 6.10 Å². The van der Waals surface area contributed by atoms with Crippen molar-refractivity contribution in [2.45, 2.75) is 32.0 Å². The highest BCUT2D eigenvalue weighted by Crippen LogP contribution is 2.38. The summed E-state index contributed by atoms with van der Waals surface area (Å²) in [4.78, 5) is 14.2. The van der Waals surface area contributed by atoms with Crippen LogP contribution in [0.3, 0.4) is 0 Å². The Morgan fingerprint density at radius 3 is 2.95 bits per heavy atom. The third-order valence-corrected chi connectivity index (χ3v) is 4.59. The first-order valence-corrected chi connectivity index (χ1v) is 7.43. The zero-order valence-electron chi connectivity index (χ0n) is 12.0. The zero-order chi connectivity index (χ0) is 15.0. The Kier molecular flexibility index (Phi) is 3.85. The molecule has 4 nitrogen and oxygen atoms in total. The Bertz CT molecular complexity index is 536. The van der Waals surface area contributed by atoms with Gasteiger partial charge in [0.2, 0.25) is 0 Å². The molecule has 2 aliphatic rings. The van der Waals surface area contributed by atoms with E-state index in [4.69, 9.17) is 4.74 Å². The predicted molar refractivity (Wildman–Crippen MR) is 75.3 cm³/mol. The number of hydrogen-bond donors (Lipinski definition) is 1. The molecule has 5 heteroatoms. The first-order chi connectivity index (χ1) is 10.0. The second kappa shape index (κ2) is 5.64. The van der Waals surface area contributed by atoms with E-state index in [0.29, 0.717) is 24.8 Å². The summed E-state index contributed by atoms with van der Waals surface area (Å²) < 4.78 is 18.6. The molecule has 3 rings (SSSR count). The molecule has 1 amide bonds. The number of likely N-dealkylation sites (tertiary alicyclic amines) is 1. The van der Waals surface area contributed by atoms with Gasteiger partial charge in [-0.2, -0.15) is 0 Å². The maximum absolute atomic E-state index is 13.1. The Hall–Kier alpha value is -1.62. The van der Waals surface area contributed by atoms with Gasteiger partial charge in [0.15, 0.2) is 6.10 Å². The molecule has 114 valence electrons. The number of benzene rings is 1. The van der Waals surface area contributed by atoms with Crippen LogP contribution in [0.15, 0.2) is 24.3 Å². The number of carbonyl (C=O) groups is 1. The second-order valence-corrected chi connectivity index (χ2v) is 6.03. The lowest BCUT2D eigenvalue weighted by Crippen LogP contribution is -2.40. The number of aliphatic hydroxyl groups is 1. The summed E-state index contributed by atoms with van der Waals surface area (Å²) in [6.07, 6.45) is 0.886. The van der Waals surface area contributed by atoms with Crippen LogP contribution in [0, 0.1) is 17.7 Å². The summed E-state index contributed by atoms with van der Waals surface area (Å²) in [5.41, 5.74) is 0. The molecule has 0 spiro atoms. The number of fused-ring (bicyclic) bond motifs is 1. The predicted octanol–water partition coefficient (Wildman–Crippen LogP) is 1.82. The highest BCUT2D eigenvalue weighted by Gasteiger charge is 2.44. The molecule has 0 radical (unpaired) electrons. The minimum atomic E-state index is -0.650. The van der Waals surface area contributed by atoms with Crippen molar-refractivity contribution in [3.63, 3.8) is 0 Å². The van der Waals surface area contributed by atoms with Crippen molar-refractivity contribution in [3.05, 3.63) is 30.1 Å². The van der Waals surface area contributed by atoms with E-state index in [1.165, 1.54) is 12.1 Å². The van der Waals surface area contributed by atoms with Crippen LogP contribution >= 0.6 is 0 Å². The number of nitrogens with zero attached hydrogens (tertiary/aromatic N) is 1. The van der Waals surface area contributed by atoms with Gasteiger partial charge in [-0.1, -0.05) is 6.07 Å². The first-order valence-electron chi connectivity index (χ1n) is 7.43. The lowest BCUT2D eigenvalue weighted by atomic mass is 10.00. The smallest absolute Gasteiger partial charge is 0.263 e. The van der Waals surface area contributed by atoms with Crippen molar-refractivity contribution in [2.24, 2.45) is 11.8 Å². The van der Waals surface area contributed by atoms with E-state index in [0.717, 1.165) is 12.8 Å². The quantitative estimate of drug-likeness (QED) is 0.925. The Morgan fingerprint density at radius 1 is 1.43 bits per heavy atom. The summed E-state index contributed by atoms with van der Waals surface area (Å²) in [6.45, 7) is 2.97. The second-order valence-electron chi connectivity index (χ2n) is 6.03. The van der Waals surface area contributed by atoms with Gasteiger partial charge in [-0.15, -0.1) is 0 Å². The number of aliphatic hydroxyl groups excluding tert-OH is 1. The van der Waals surface area contributed by atoms with Crippen LogP contribution in [0.5, 0.6) is 5.75 Å². The highest BCUT2D eigenvalue weighted by molar-refractivity contribution is 5.81. The lowest BCUT2D eigenvalue weighted by molar-refractivity contribution is -0.137. The van der Waals surface area contributed by atoms with E-state index in [-0.39, 0.29) is 23.7 Å². The average Bonchev–Trinajstić information content (AvgIpc) is 3.00. The third-order valence-electron chi connectivity index (χ3n) is 4.59. The van der Waals surface area contributed by atoms with Crippen LogP contribution in [-0.4, -0.2) is 41.2 Å². The van der Waals surface area contributed by atoms with Gasteiger partial charge in [-0.05, 0) is 37.8 Å². The SMILES string of the molecule is CC(Oc1cccc(F)c1)C(=O)N1CC2CCC(O)C2C1. The van der Waals surface area contributed by atoms with Crippen LogP contribution < -0.4 is 4.74 Å². The fourth-order valence-electron chi connectivity index (χ4n) is 3.47. The molecule has 1 aliphatic heterocycles. The van der Waals surface area contributed by atoms with Gasteiger partial charge in [0.25, 0.3) is 5.91 Å². The molecule has 1 saturated heterocycles. The molecule has 1 N–H and O–H groups in total. The largest absolute Gasteiger partial charge is 0.481 e. The van der Waals surface area contributed by atoms with Crippen LogP contribution in [0.2, 0.25) is 0 Å². The summed E-state index contributed by atoms with van der Waals surface area (Å²) in [7, 11) is 0. The summed E-state index contributed by atoms with van der Waals surface area (Å²) in [6, 6.07) is 5.79. The normalized spacial score (nSPS) is 29.3. The van der Waals surface area contributed by atoms with E-state index in [1.807, 2.05) is 0 Å². The fourth-order valence-corrected chi connectivity index (χ4v) is 3.47. The average molecular weight is 293 g/mol. The van der Waals surface area contributed by atoms with Crippen molar-refractivity contribution in [2.75, 3.05) is 13.1 Å². The van der Waals surface area contributed by atoms with Gasteiger partial charge >= 0.3 is 0 Å². The summed E-state index contributed by atoms with van der Waals surface area (Å²) in [5, 5.41) is 9.89. The number of amides is 1. The molecular weight excluding hydrogens is 273 g/mol. The lowest BCUT2D eigenvalue weighted by Gasteiger charge is -2.23. The van der Waals surface area contributed by atoms with Crippen molar-refractivity contribution in [1.29, 1.82) is 0 Å². The van der Waals surface area contributed by atoms with E-state index in [2.05, 4.69) is 0 Å². The van der Waals surface area contributed by atoms with Gasteiger partial charge in [-0.3, -0.25) is 4.79 Å². The summed E-state index contributed by atoms with van der Waals surface area (Å²) >= 11 is 0. The fraction of sp³-hybridized carbons (Fsp3) is 0.562.